The molecule has 0 fully saturated rings. The number of hydrogen-bond acceptors (Lipinski definition) is 0. The van der Waals surface area contributed by atoms with Crippen LogP contribution in [0.25, 0.3) is 0 Å². The van der Waals surface area contributed by atoms with Crippen LogP contribution in [0.5, 0.6) is 0 Å². The first-order valence-electron chi connectivity index (χ1n) is 5.78. The summed E-state index contributed by atoms with van der Waals surface area (Å²) in [6.07, 6.45) is -15.3. The molecule has 1 radical (unpaired) electrons. The first-order chi connectivity index (χ1) is 10.9. The molecule has 0 aliphatic rings. The minimum atomic E-state index is -7.94. The number of benzene rings is 1. The first-order valence-corrected chi connectivity index (χ1v) is 5.78. The van der Waals surface area contributed by atoms with Crippen LogP contribution in [0.4, 0.5) is 57.1 Å². The molecule has 0 nitrogen and oxygen atoms in total. The zero-order chi connectivity index (χ0) is 20.1. The molecule has 0 heterocycles. The molecule has 0 amide bonds. The minimum absolute atomic E-state index is 0.00885. The van der Waals surface area contributed by atoms with Gasteiger partial charge in [-0.1, -0.05) is 24.3 Å². The topological polar surface area (TPSA) is 0 Å². The highest BCUT2D eigenvalue weighted by Gasteiger charge is 2.93. The highest BCUT2D eigenvalue weighted by atomic mass is 19.4. The average Bonchev–Trinajstić information content (AvgIpc) is 2.44. The van der Waals surface area contributed by atoms with Crippen molar-refractivity contribution in [2.45, 2.75) is 35.8 Å². The van der Waals surface area contributed by atoms with Gasteiger partial charge in [-0.3, -0.25) is 0 Å². The van der Waals surface area contributed by atoms with Gasteiger partial charge in [0.15, 0.2) is 0 Å². The summed E-state index contributed by atoms with van der Waals surface area (Å²) in [5.74, 6) is -21.6. The normalized spacial score (nSPS) is 15.4. The van der Waals surface area contributed by atoms with Crippen molar-refractivity contribution in [2.24, 2.45) is 0 Å². The third-order valence-electron chi connectivity index (χ3n) is 3.05. The maximum Gasteiger partial charge on any atom is 0.438 e. The summed E-state index contributed by atoms with van der Waals surface area (Å²) in [7, 11) is 0. The molecule has 13 heteroatoms. The zero-order valence-corrected chi connectivity index (χ0v) is 11.2. The van der Waals surface area contributed by atoms with Gasteiger partial charge in [-0.2, -0.15) is 52.7 Å². The summed E-state index contributed by atoms with van der Waals surface area (Å²) in [4.78, 5) is 0. The third kappa shape index (κ3) is 2.80. The fourth-order valence-corrected chi connectivity index (χ4v) is 1.69. The Bertz CT molecular complexity index is 582. The lowest BCUT2D eigenvalue weighted by molar-refractivity contribution is -0.446. The van der Waals surface area contributed by atoms with Crippen molar-refractivity contribution < 1.29 is 57.1 Å². The highest BCUT2D eigenvalue weighted by Crippen LogP contribution is 2.63. The van der Waals surface area contributed by atoms with E-state index in [9.17, 15) is 57.1 Å². The second-order valence-electron chi connectivity index (χ2n) is 4.65. The SMILES string of the molecule is FC(F)(F)C(F)(C(F)(F)F)C(F)(F)C(F)(F)C(F)(F)c1[c]cccc1. The van der Waals surface area contributed by atoms with E-state index in [1.807, 2.05) is 0 Å². The Hall–Kier alpha value is -1.69. The molecule has 1 aromatic rings. The van der Waals surface area contributed by atoms with Gasteiger partial charge in [0.25, 0.3) is 0 Å². The van der Waals surface area contributed by atoms with E-state index < -0.39 is 41.4 Å². The van der Waals surface area contributed by atoms with E-state index in [0.717, 1.165) is 6.07 Å². The van der Waals surface area contributed by atoms with Gasteiger partial charge in [0.2, 0.25) is 0 Å². The molecular formula is C12H4F13. The summed E-state index contributed by atoms with van der Waals surface area (Å²) >= 11 is 0. The molecule has 0 saturated heterocycles. The summed E-state index contributed by atoms with van der Waals surface area (Å²) in [6, 6.07) is 3.12. The lowest BCUT2D eigenvalue weighted by Gasteiger charge is -2.41. The molecule has 0 atom stereocenters. The predicted octanol–water partition coefficient (Wildman–Crippen LogP) is 5.68. The fraction of sp³-hybridized carbons (Fsp3) is 0.500. The molecule has 1 rings (SSSR count). The van der Waals surface area contributed by atoms with Crippen LogP contribution in [0.15, 0.2) is 24.3 Å². The van der Waals surface area contributed by atoms with Crippen molar-refractivity contribution in [3.63, 3.8) is 0 Å². The molecule has 25 heavy (non-hydrogen) atoms. The van der Waals surface area contributed by atoms with Crippen LogP contribution in [-0.4, -0.2) is 29.9 Å². The Labute approximate surface area is 130 Å². The van der Waals surface area contributed by atoms with Crippen LogP contribution >= 0.6 is 0 Å². The second kappa shape index (κ2) is 5.66. The van der Waals surface area contributed by atoms with Gasteiger partial charge < -0.3 is 0 Å². The van der Waals surface area contributed by atoms with E-state index in [-0.39, 0.29) is 6.07 Å². The molecule has 0 unspecified atom stereocenters. The minimum Gasteiger partial charge on any atom is -0.216 e. The summed E-state index contributed by atoms with van der Waals surface area (Å²) in [5, 5.41) is 0. The quantitative estimate of drug-likeness (QED) is 0.576. The molecule has 0 aromatic heterocycles. The van der Waals surface area contributed by atoms with Crippen molar-refractivity contribution in [3.05, 3.63) is 35.9 Å². The Balaban J connectivity index is 3.68. The van der Waals surface area contributed by atoms with Crippen LogP contribution < -0.4 is 0 Å². The van der Waals surface area contributed by atoms with E-state index >= 15 is 0 Å². The largest absolute Gasteiger partial charge is 0.438 e. The molecule has 0 aliphatic heterocycles. The van der Waals surface area contributed by atoms with E-state index in [2.05, 4.69) is 0 Å². The lowest BCUT2D eigenvalue weighted by Crippen LogP contribution is -2.72. The zero-order valence-electron chi connectivity index (χ0n) is 11.2. The number of rotatable bonds is 4. The maximum atomic E-state index is 13.6. The molecule has 0 spiro atoms. The van der Waals surface area contributed by atoms with E-state index in [1.165, 1.54) is 6.07 Å². The Morgan fingerprint density at radius 3 is 1.36 bits per heavy atom. The molecule has 143 valence electrons. The lowest BCUT2D eigenvalue weighted by atomic mass is 9.85. The maximum absolute atomic E-state index is 13.6. The van der Waals surface area contributed by atoms with E-state index in [1.54, 1.807) is 0 Å². The van der Waals surface area contributed by atoms with Crippen LogP contribution in [-0.2, 0) is 5.92 Å². The first kappa shape index (κ1) is 21.4. The van der Waals surface area contributed by atoms with E-state index in [0.29, 0.717) is 12.1 Å². The predicted molar refractivity (Wildman–Crippen MR) is 55.0 cm³/mol. The average molecular weight is 395 g/mol. The molecule has 1 aromatic carbocycles. The van der Waals surface area contributed by atoms with Crippen molar-refractivity contribution in [1.82, 2.24) is 0 Å². The summed E-state index contributed by atoms with van der Waals surface area (Å²) in [5.41, 5.74) is -10.1. The van der Waals surface area contributed by atoms with Gasteiger partial charge >= 0.3 is 35.8 Å². The van der Waals surface area contributed by atoms with Gasteiger partial charge in [-0.25, -0.2) is 4.39 Å². The Kier molecular flexibility index (Phi) is 4.83. The molecule has 0 saturated carbocycles. The van der Waals surface area contributed by atoms with Crippen LogP contribution in [0.2, 0.25) is 0 Å². The smallest absolute Gasteiger partial charge is 0.216 e. The molecular weight excluding hydrogens is 391 g/mol. The second-order valence-corrected chi connectivity index (χ2v) is 4.65. The number of hydrogen-bond donors (Lipinski definition) is 0. The van der Waals surface area contributed by atoms with Crippen LogP contribution in [0.3, 0.4) is 0 Å². The van der Waals surface area contributed by atoms with Gasteiger partial charge in [0.05, 0.1) is 0 Å². The van der Waals surface area contributed by atoms with Gasteiger partial charge in [-0.05, 0) is 6.07 Å². The van der Waals surface area contributed by atoms with Gasteiger partial charge in [-0.15, -0.1) is 0 Å². The Morgan fingerprint density at radius 2 is 1.04 bits per heavy atom. The standard InChI is InChI=1S/C12H4F13/c13-7(14,6-4-2-1-3-5-6)9(16,17)10(18,19)8(15,11(20,21)22)12(23,24)25/h1-4H. The van der Waals surface area contributed by atoms with Crippen LogP contribution in [0.1, 0.15) is 5.56 Å². The van der Waals surface area contributed by atoms with Crippen molar-refractivity contribution >= 4 is 0 Å². The highest BCUT2D eigenvalue weighted by molar-refractivity contribution is 5.25. The fourth-order valence-electron chi connectivity index (χ4n) is 1.69. The van der Waals surface area contributed by atoms with Crippen LogP contribution in [0, 0.1) is 6.07 Å². The van der Waals surface area contributed by atoms with Crippen molar-refractivity contribution in [3.8, 4) is 0 Å². The number of alkyl halides is 13. The van der Waals surface area contributed by atoms with Crippen molar-refractivity contribution in [2.75, 3.05) is 0 Å². The third-order valence-corrected chi connectivity index (χ3v) is 3.05. The monoisotopic (exact) mass is 395 g/mol. The molecule has 0 aliphatic carbocycles. The Morgan fingerprint density at radius 1 is 0.600 bits per heavy atom. The van der Waals surface area contributed by atoms with E-state index in [4.69, 9.17) is 0 Å². The molecule has 0 bridgehead atoms. The number of halogens is 13. The summed E-state index contributed by atoms with van der Waals surface area (Å²) in [6.45, 7) is 0. The van der Waals surface area contributed by atoms with Crippen molar-refractivity contribution in [1.29, 1.82) is 0 Å². The summed E-state index contributed by atoms with van der Waals surface area (Å²) < 4.78 is 168. The molecule has 0 N–H and O–H groups in total. The van der Waals surface area contributed by atoms with Gasteiger partial charge in [0, 0.05) is 5.56 Å². The van der Waals surface area contributed by atoms with Gasteiger partial charge in [0.1, 0.15) is 0 Å².